The van der Waals surface area contributed by atoms with Crippen molar-refractivity contribution < 1.29 is 8.78 Å². The van der Waals surface area contributed by atoms with Crippen LogP contribution in [0, 0.1) is 11.6 Å². The van der Waals surface area contributed by atoms with Gasteiger partial charge in [0.1, 0.15) is 0 Å². The Bertz CT molecular complexity index is 537. The number of aryl methyl sites for hydroxylation is 1. The van der Waals surface area contributed by atoms with E-state index in [1.807, 2.05) is 6.92 Å². The van der Waals surface area contributed by atoms with Crippen molar-refractivity contribution in [1.29, 1.82) is 0 Å². The first-order valence-corrected chi connectivity index (χ1v) is 5.14. The number of nitrogens with two attached hydrogens (primary N) is 1. The van der Waals surface area contributed by atoms with Crippen LogP contribution in [0.25, 0.3) is 11.4 Å². The Morgan fingerprint density at radius 3 is 2.71 bits per heavy atom. The number of halogens is 2. The van der Waals surface area contributed by atoms with Gasteiger partial charge in [-0.05, 0) is 22.9 Å². The summed E-state index contributed by atoms with van der Waals surface area (Å²) in [4.78, 5) is 0. The molecule has 17 heavy (non-hydrogen) atoms. The second kappa shape index (κ2) is 4.44. The molecule has 2 rings (SSSR count). The van der Waals surface area contributed by atoms with E-state index < -0.39 is 11.6 Å². The third kappa shape index (κ3) is 2.08. The van der Waals surface area contributed by atoms with Crippen LogP contribution in [0.1, 0.15) is 13.3 Å². The van der Waals surface area contributed by atoms with E-state index in [1.165, 1.54) is 4.68 Å². The zero-order valence-corrected chi connectivity index (χ0v) is 9.19. The Hall–Kier alpha value is -2.05. The molecule has 1 aromatic heterocycles. The van der Waals surface area contributed by atoms with Gasteiger partial charge in [0.2, 0.25) is 0 Å². The van der Waals surface area contributed by atoms with Crippen molar-refractivity contribution in [3.05, 3.63) is 23.8 Å². The molecule has 5 nitrogen and oxygen atoms in total. The van der Waals surface area contributed by atoms with E-state index in [-0.39, 0.29) is 5.69 Å². The van der Waals surface area contributed by atoms with Crippen molar-refractivity contribution in [3.8, 4) is 11.4 Å². The number of nitrogen functional groups attached to an aromatic ring is 1. The molecule has 0 amide bonds. The summed E-state index contributed by atoms with van der Waals surface area (Å²) in [5.41, 5.74) is 6.03. The second-order valence-corrected chi connectivity index (χ2v) is 3.58. The van der Waals surface area contributed by atoms with Gasteiger partial charge in [0.05, 0.1) is 0 Å². The molecular formula is C10H11F2N5. The lowest BCUT2D eigenvalue weighted by molar-refractivity contribution is 0.509. The van der Waals surface area contributed by atoms with Gasteiger partial charge in [0.15, 0.2) is 17.5 Å². The maximum Gasteiger partial charge on any atom is 0.184 e. The van der Waals surface area contributed by atoms with Gasteiger partial charge in [-0.2, -0.15) is 0 Å². The Labute approximate surface area is 96.2 Å². The predicted octanol–water partition coefficient (Wildman–Crippen LogP) is 1.61. The van der Waals surface area contributed by atoms with E-state index in [4.69, 9.17) is 5.73 Å². The summed E-state index contributed by atoms with van der Waals surface area (Å²) in [5, 5.41) is 11.0. The summed E-state index contributed by atoms with van der Waals surface area (Å²) < 4.78 is 27.6. The van der Waals surface area contributed by atoms with Crippen LogP contribution in [0.5, 0.6) is 0 Å². The zero-order valence-electron chi connectivity index (χ0n) is 9.19. The van der Waals surface area contributed by atoms with Gasteiger partial charge < -0.3 is 5.73 Å². The summed E-state index contributed by atoms with van der Waals surface area (Å²) in [6.45, 7) is 2.54. The lowest BCUT2D eigenvalue weighted by Gasteiger charge is -2.06. The molecule has 7 heteroatoms. The molecule has 0 atom stereocenters. The molecule has 0 bridgehead atoms. The van der Waals surface area contributed by atoms with Crippen molar-refractivity contribution in [2.45, 2.75) is 19.9 Å². The van der Waals surface area contributed by atoms with E-state index in [0.717, 1.165) is 18.6 Å². The van der Waals surface area contributed by atoms with Crippen LogP contribution in [-0.2, 0) is 6.54 Å². The maximum atomic E-state index is 13.2. The van der Waals surface area contributed by atoms with Gasteiger partial charge in [0.25, 0.3) is 0 Å². The molecule has 1 heterocycles. The smallest absolute Gasteiger partial charge is 0.184 e. The van der Waals surface area contributed by atoms with Crippen molar-refractivity contribution >= 4 is 5.69 Å². The topological polar surface area (TPSA) is 69.6 Å². The van der Waals surface area contributed by atoms with Crippen LogP contribution in [0.15, 0.2) is 12.1 Å². The van der Waals surface area contributed by atoms with Crippen LogP contribution in [-0.4, -0.2) is 20.2 Å². The minimum atomic E-state index is -0.985. The third-order valence-corrected chi connectivity index (χ3v) is 2.30. The number of hydrogen-bond donors (Lipinski definition) is 1. The van der Waals surface area contributed by atoms with Gasteiger partial charge in [-0.15, -0.1) is 5.10 Å². The lowest BCUT2D eigenvalue weighted by Crippen LogP contribution is -2.04. The van der Waals surface area contributed by atoms with Crippen LogP contribution in [0.2, 0.25) is 0 Å². The van der Waals surface area contributed by atoms with E-state index in [0.29, 0.717) is 17.9 Å². The molecule has 0 saturated heterocycles. The fourth-order valence-electron chi connectivity index (χ4n) is 1.52. The summed E-state index contributed by atoms with van der Waals surface area (Å²) in [7, 11) is 0. The minimum absolute atomic E-state index is 0.107. The first-order chi connectivity index (χ1) is 8.13. The van der Waals surface area contributed by atoms with E-state index in [1.54, 1.807) is 0 Å². The highest BCUT2D eigenvalue weighted by Crippen LogP contribution is 2.26. The number of nitrogens with zero attached hydrogens (tertiary/aromatic N) is 4. The fourth-order valence-corrected chi connectivity index (χ4v) is 1.52. The molecule has 0 saturated carbocycles. The fraction of sp³-hybridized carbons (Fsp3) is 0.300. The van der Waals surface area contributed by atoms with Crippen molar-refractivity contribution in [1.82, 2.24) is 20.2 Å². The molecule has 1 aromatic carbocycles. The maximum absolute atomic E-state index is 13.2. The standard InChI is InChI=1S/C10H11F2N5/c1-2-3-17-10(14-15-16-17)6-4-7(11)8(12)5-9(6)13/h4-5H,2-3,13H2,1H3. The third-order valence-electron chi connectivity index (χ3n) is 2.30. The Balaban J connectivity index is 2.52. The molecule has 0 aliphatic heterocycles. The number of benzene rings is 1. The summed E-state index contributed by atoms with van der Waals surface area (Å²) in [6, 6.07) is 1.93. The number of anilines is 1. The molecule has 0 unspecified atom stereocenters. The average molecular weight is 239 g/mol. The molecular weight excluding hydrogens is 228 g/mol. The van der Waals surface area contributed by atoms with Gasteiger partial charge in [-0.1, -0.05) is 6.92 Å². The highest BCUT2D eigenvalue weighted by Gasteiger charge is 2.15. The van der Waals surface area contributed by atoms with Crippen LogP contribution >= 0.6 is 0 Å². The van der Waals surface area contributed by atoms with Crippen LogP contribution < -0.4 is 5.73 Å². The highest BCUT2D eigenvalue weighted by atomic mass is 19.2. The average Bonchev–Trinajstić information content (AvgIpc) is 2.72. The highest BCUT2D eigenvalue weighted by molar-refractivity contribution is 5.71. The minimum Gasteiger partial charge on any atom is -0.398 e. The monoisotopic (exact) mass is 239 g/mol. The molecule has 90 valence electrons. The van der Waals surface area contributed by atoms with Gasteiger partial charge >= 0.3 is 0 Å². The number of rotatable bonds is 3. The summed E-state index contributed by atoms with van der Waals surface area (Å²) >= 11 is 0. The quantitative estimate of drug-likeness (QED) is 0.826. The largest absolute Gasteiger partial charge is 0.398 e. The lowest BCUT2D eigenvalue weighted by atomic mass is 10.1. The molecule has 0 aliphatic rings. The van der Waals surface area contributed by atoms with Crippen molar-refractivity contribution in [2.75, 3.05) is 5.73 Å². The van der Waals surface area contributed by atoms with E-state index in [2.05, 4.69) is 15.5 Å². The second-order valence-electron chi connectivity index (χ2n) is 3.58. The molecule has 0 radical (unpaired) electrons. The summed E-state index contributed by atoms with van der Waals surface area (Å²) in [6.07, 6.45) is 0.821. The van der Waals surface area contributed by atoms with Gasteiger partial charge in [-0.3, -0.25) is 0 Å². The molecule has 0 fully saturated rings. The SMILES string of the molecule is CCCn1nnnc1-c1cc(F)c(F)cc1N. The molecule has 0 aliphatic carbocycles. The first kappa shape index (κ1) is 11.4. The molecule has 0 spiro atoms. The molecule has 2 N–H and O–H groups in total. The van der Waals surface area contributed by atoms with Gasteiger partial charge in [-0.25, -0.2) is 13.5 Å². The molecule has 2 aromatic rings. The van der Waals surface area contributed by atoms with Crippen LogP contribution in [0.3, 0.4) is 0 Å². The number of tetrazole rings is 1. The Morgan fingerprint density at radius 2 is 2.00 bits per heavy atom. The number of hydrogen-bond acceptors (Lipinski definition) is 4. The van der Waals surface area contributed by atoms with Crippen molar-refractivity contribution in [2.24, 2.45) is 0 Å². The van der Waals surface area contributed by atoms with Crippen molar-refractivity contribution in [3.63, 3.8) is 0 Å². The normalized spacial score (nSPS) is 10.8. The predicted molar refractivity (Wildman–Crippen MR) is 57.9 cm³/mol. The van der Waals surface area contributed by atoms with Crippen LogP contribution in [0.4, 0.5) is 14.5 Å². The summed E-state index contributed by atoms with van der Waals surface area (Å²) in [5.74, 6) is -1.62. The van der Waals surface area contributed by atoms with E-state index >= 15 is 0 Å². The first-order valence-electron chi connectivity index (χ1n) is 5.14. The Kier molecular flexibility index (Phi) is 2.99. The zero-order chi connectivity index (χ0) is 12.4. The number of aromatic nitrogens is 4. The van der Waals surface area contributed by atoms with Gasteiger partial charge in [0, 0.05) is 23.9 Å². The van der Waals surface area contributed by atoms with E-state index in [9.17, 15) is 8.78 Å². The Morgan fingerprint density at radius 1 is 1.29 bits per heavy atom.